The number of cyclic esters (lactones) is 1. The number of ether oxygens (including phenoxy) is 1. The van der Waals surface area contributed by atoms with E-state index in [0.29, 0.717) is 22.5 Å². The largest absolute Gasteiger partial charge is 0.458 e. The van der Waals surface area contributed by atoms with Crippen molar-refractivity contribution in [3.05, 3.63) is 104 Å². The van der Waals surface area contributed by atoms with Gasteiger partial charge in [0.25, 0.3) is 5.56 Å². The zero-order chi connectivity index (χ0) is 24.3. The fourth-order valence-electron chi connectivity index (χ4n) is 5.29. The predicted molar refractivity (Wildman–Crippen MR) is 129 cm³/mol. The molecule has 1 unspecified atom stereocenters. The molecule has 0 fully saturated rings. The SMILES string of the molecule is CC[C@@]1(O)C(=O)OCc2c1cc1n(c2=O)Cc2c-1nc1ccccc1c2C(N=O)c1ccccc1. The Balaban J connectivity index is 1.67. The van der Waals surface area contributed by atoms with Crippen molar-refractivity contribution in [2.24, 2.45) is 5.18 Å². The Morgan fingerprint density at radius 3 is 2.60 bits per heavy atom. The van der Waals surface area contributed by atoms with Crippen molar-refractivity contribution < 1.29 is 14.6 Å². The summed E-state index contributed by atoms with van der Waals surface area (Å²) in [6.45, 7) is 1.66. The molecule has 0 bridgehead atoms. The first-order chi connectivity index (χ1) is 17.0. The number of nitrogens with zero attached hydrogens (tertiary/aromatic N) is 3. The van der Waals surface area contributed by atoms with E-state index in [0.717, 1.165) is 16.5 Å². The molecule has 1 N–H and O–H groups in total. The van der Waals surface area contributed by atoms with Crippen LogP contribution in [0.25, 0.3) is 22.3 Å². The molecule has 0 aliphatic carbocycles. The number of rotatable bonds is 4. The first kappa shape index (κ1) is 21.4. The zero-order valence-electron chi connectivity index (χ0n) is 18.9. The predicted octanol–water partition coefficient (Wildman–Crippen LogP) is 3.94. The van der Waals surface area contributed by atoms with E-state index in [9.17, 15) is 19.6 Å². The molecule has 4 aromatic rings. The van der Waals surface area contributed by atoms with E-state index < -0.39 is 17.6 Å². The van der Waals surface area contributed by atoms with Crippen LogP contribution in [0.3, 0.4) is 0 Å². The number of esters is 1. The number of hydrogen-bond acceptors (Lipinski definition) is 7. The molecule has 8 nitrogen and oxygen atoms in total. The standard InChI is InChI=1S/C27H21N3O5/c1-2-27(33)19-12-21-24-17(13-30(21)25(31)18(19)14-35-26(27)32)22(16-10-6-7-11-20(16)28-24)23(29-34)15-8-4-3-5-9-15/h3-12,23,33H,2,13-14H2,1H3/t23?,27-/m0/s1. The lowest BCUT2D eigenvalue weighted by Gasteiger charge is -2.31. The van der Waals surface area contributed by atoms with Gasteiger partial charge < -0.3 is 14.4 Å². The van der Waals surface area contributed by atoms with Crippen LogP contribution in [0.2, 0.25) is 0 Å². The summed E-state index contributed by atoms with van der Waals surface area (Å²) in [5.74, 6) is -0.767. The Hall–Kier alpha value is -4.17. The molecule has 0 saturated heterocycles. The van der Waals surface area contributed by atoms with E-state index in [1.165, 1.54) is 0 Å². The molecule has 8 heteroatoms. The van der Waals surface area contributed by atoms with Crippen LogP contribution in [0.4, 0.5) is 0 Å². The second-order valence-electron chi connectivity index (χ2n) is 8.89. The van der Waals surface area contributed by atoms with E-state index in [1.54, 1.807) is 17.6 Å². The van der Waals surface area contributed by atoms with Gasteiger partial charge in [0, 0.05) is 22.1 Å². The number of aromatic nitrogens is 2. The summed E-state index contributed by atoms with van der Waals surface area (Å²) in [6, 6.07) is 17.7. The Morgan fingerprint density at radius 1 is 1.11 bits per heavy atom. The highest BCUT2D eigenvalue weighted by atomic mass is 16.6. The molecule has 2 aromatic heterocycles. The van der Waals surface area contributed by atoms with Crippen LogP contribution < -0.4 is 5.56 Å². The maximum absolute atomic E-state index is 13.5. The molecule has 0 amide bonds. The van der Waals surface area contributed by atoms with Crippen LogP contribution in [-0.2, 0) is 28.3 Å². The fourth-order valence-corrected chi connectivity index (χ4v) is 5.29. The minimum Gasteiger partial charge on any atom is -0.458 e. The van der Waals surface area contributed by atoms with E-state index in [-0.39, 0.29) is 36.3 Å². The highest BCUT2D eigenvalue weighted by molar-refractivity contribution is 5.90. The van der Waals surface area contributed by atoms with Gasteiger partial charge in [-0.25, -0.2) is 9.78 Å². The third-order valence-electron chi connectivity index (χ3n) is 7.13. The van der Waals surface area contributed by atoms with Gasteiger partial charge in [-0.05, 0) is 24.1 Å². The van der Waals surface area contributed by atoms with Gasteiger partial charge >= 0.3 is 5.97 Å². The molecule has 0 saturated carbocycles. The molecule has 35 heavy (non-hydrogen) atoms. The molecule has 0 spiro atoms. The van der Waals surface area contributed by atoms with Gasteiger partial charge in [-0.3, -0.25) is 4.79 Å². The third kappa shape index (κ3) is 2.93. The summed E-state index contributed by atoms with van der Waals surface area (Å²) in [5.41, 5.74) is 2.12. The number of carbonyl (C=O) groups excluding carboxylic acids is 1. The molecule has 6 rings (SSSR count). The van der Waals surface area contributed by atoms with Crippen molar-refractivity contribution >= 4 is 16.9 Å². The summed E-state index contributed by atoms with van der Waals surface area (Å²) in [6.07, 6.45) is 0.0656. The average Bonchev–Trinajstić information content (AvgIpc) is 3.26. The Kier molecular flexibility index (Phi) is 4.69. The Labute approximate surface area is 199 Å². The highest BCUT2D eigenvalue weighted by Crippen LogP contribution is 2.43. The second kappa shape index (κ2) is 7.68. The normalized spacial score (nSPS) is 19.0. The van der Waals surface area contributed by atoms with Gasteiger partial charge in [0.2, 0.25) is 0 Å². The molecular weight excluding hydrogens is 446 g/mol. The molecule has 0 radical (unpaired) electrons. The van der Waals surface area contributed by atoms with Crippen molar-refractivity contribution in [1.29, 1.82) is 0 Å². The molecule has 2 aliphatic heterocycles. The van der Waals surface area contributed by atoms with Crippen molar-refractivity contribution in [2.45, 2.75) is 38.1 Å². The van der Waals surface area contributed by atoms with Crippen molar-refractivity contribution in [1.82, 2.24) is 9.55 Å². The van der Waals surface area contributed by atoms with Crippen LogP contribution in [0, 0.1) is 4.91 Å². The fraction of sp³-hybridized carbons (Fsp3) is 0.222. The number of benzene rings is 2. The average molecular weight is 467 g/mol. The van der Waals surface area contributed by atoms with Gasteiger partial charge in [-0.2, -0.15) is 0 Å². The maximum atomic E-state index is 13.5. The smallest absolute Gasteiger partial charge is 0.343 e. The molecule has 2 aromatic carbocycles. The third-order valence-corrected chi connectivity index (χ3v) is 7.13. The molecule has 2 aliphatic rings. The van der Waals surface area contributed by atoms with Crippen LogP contribution in [-0.4, -0.2) is 20.6 Å². The van der Waals surface area contributed by atoms with E-state index in [4.69, 9.17) is 9.72 Å². The minimum absolute atomic E-state index is 0.0656. The van der Waals surface area contributed by atoms with E-state index in [2.05, 4.69) is 5.18 Å². The zero-order valence-corrected chi connectivity index (χ0v) is 18.9. The van der Waals surface area contributed by atoms with Gasteiger partial charge in [-0.15, -0.1) is 4.91 Å². The number of pyridine rings is 2. The topological polar surface area (TPSA) is 111 Å². The van der Waals surface area contributed by atoms with Gasteiger partial charge in [-0.1, -0.05) is 60.6 Å². The lowest BCUT2D eigenvalue weighted by atomic mass is 9.86. The van der Waals surface area contributed by atoms with Crippen LogP contribution in [0.15, 0.2) is 70.6 Å². The molecular formula is C27H21N3O5. The highest BCUT2D eigenvalue weighted by Gasteiger charge is 2.45. The Morgan fingerprint density at radius 2 is 1.86 bits per heavy atom. The maximum Gasteiger partial charge on any atom is 0.343 e. The summed E-state index contributed by atoms with van der Waals surface area (Å²) in [4.78, 5) is 43.1. The number of para-hydroxylation sites is 1. The summed E-state index contributed by atoms with van der Waals surface area (Å²) < 4.78 is 6.72. The van der Waals surface area contributed by atoms with Crippen molar-refractivity contribution in [2.75, 3.05) is 0 Å². The molecule has 174 valence electrons. The Bertz CT molecular complexity index is 1590. The van der Waals surface area contributed by atoms with Crippen LogP contribution in [0.5, 0.6) is 0 Å². The van der Waals surface area contributed by atoms with Crippen molar-refractivity contribution in [3.8, 4) is 11.4 Å². The number of aliphatic hydroxyl groups is 1. The number of hydrogen-bond donors (Lipinski definition) is 1. The number of nitroso groups, excluding NO2 is 1. The van der Waals surface area contributed by atoms with E-state index >= 15 is 0 Å². The minimum atomic E-state index is -1.90. The summed E-state index contributed by atoms with van der Waals surface area (Å²) in [7, 11) is 0. The van der Waals surface area contributed by atoms with Crippen LogP contribution >= 0.6 is 0 Å². The van der Waals surface area contributed by atoms with Gasteiger partial charge in [0.15, 0.2) is 5.60 Å². The lowest BCUT2D eigenvalue weighted by Crippen LogP contribution is -2.44. The van der Waals surface area contributed by atoms with Gasteiger partial charge in [0.05, 0.1) is 29.0 Å². The van der Waals surface area contributed by atoms with E-state index in [1.807, 2.05) is 54.6 Å². The summed E-state index contributed by atoms with van der Waals surface area (Å²) >= 11 is 0. The number of carbonyl (C=O) groups is 1. The first-order valence-electron chi connectivity index (χ1n) is 11.4. The number of fused-ring (bicyclic) bond motifs is 5. The monoisotopic (exact) mass is 467 g/mol. The summed E-state index contributed by atoms with van der Waals surface area (Å²) in [5, 5.41) is 15.4. The van der Waals surface area contributed by atoms with Crippen molar-refractivity contribution in [3.63, 3.8) is 0 Å². The van der Waals surface area contributed by atoms with Gasteiger partial charge in [0.1, 0.15) is 12.6 Å². The van der Waals surface area contributed by atoms with Crippen LogP contribution in [0.1, 0.15) is 47.2 Å². The lowest BCUT2D eigenvalue weighted by molar-refractivity contribution is -0.172. The second-order valence-corrected chi connectivity index (χ2v) is 8.89. The quantitative estimate of drug-likeness (QED) is 0.317. The molecule has 4 heterocycles. The first-order valence-corrected chi connectivity index (χ1v) is 11.4. The molecule has 2 atom stereocenters.